The molecule has 2 aliphatic heterocycles. The fraction of sp³-hybridized carbons (Fsp3) is 0. The molecular weight excluding hydrogens is 256 g/mol. The number of carbonyl (C=O) groups excluding carboxylic acids is 2. The topological polar surface area (TPSA) is 96.9 Å². The van der Waals surface area contributed by atoms with Crippen molar-refractivity contribution in [3.05, 3.63) is 39.9 Å². The molecule has 0 saturated heterocycles. The largest absolute Gasteiger partial charge is 0.398 e. The van der Waals surface area contributed by atoms with Crippen molar-refractivity contribution in [1.82, 2.24) is 5.32 Å². The summed E-state index contributed by atoms with van der Waals surface area (Å²) in [5.41, 5.74) is 7.81. The number of nitrogens with one attached hydrogen (secondary N) is 1. The lowest BCUT2D eigenvalue weighted by Gasteiger charge is -2.12. The molecule has 4 rings (SSSR count). The van der Waals surface area contributed by atoms with Crippen LogP contribution in [0.15, 0.2) is 28.2 Å². The minimum atomic E-state index is -0.671. The van der Waals surface area contributed by atoms with Crippen LogP contribution in [0, 0.1) is 0 Å². The zero-order chi connectivity index (χ0) is 13.9. The van der Waals surface area contributed by atoms with Crippen LogP contribution >= 0.6 is 0 Å². The lowest BCUT2D eigenvalue weighted by molar-refractivity contribution is 0.0961. The van der Waals surface area contributed by atoms with Crippen LogP contribution in [0.4, 0.5) is 10.5 Å². The van der Waals surface area contributed by atoms with E-state index in [1.54, 1.807) is 30.6 Å². The highest BCUT2D eigenvalue weighted by Gasteiger charge is 2.21. The Labute approximate surface area is 112 Å². The molecule has 0 atom stereocenters. The van der Waals surface area contributed by atoms with Gasteiger partial charge in [0.1, 0.15) is 0 Å². The van der Waals surface area contributed by atoms with E-state index in [0.29, 0.717) is 22.0 Å². The maximum atomic E-state index is 11.8. The van der Waals surface area contributed by atoms with E-state index in [9.17, 15) is 9.59 Å². The van der Waals surface area contributed by atoms with Crippen LogP contribution in [0.1, 0.15) is 15.9 Å². The Kier molecular flexibility index (Phi) is 1.90. The lowest BCUT2D eigenvalue weighted by atomic mass is 9.99. The van der Waals surface area contributed by atoms with Gasteiger partial charge in [0.25, 0.3) is 5.91 Å². The molecule has 20 heavy (non-hydrogen) atoms. The van der Waals surface area contributed by atoms with Crippen molar-refractivity contribution in [3.8, 4) is 0 Å². The van der Waals surface area contributed by atoms with Crippen molar-refractivity contribution in [2.45, 2.75) is 0 Å². The second-order valence-corrected chi connectivity index (χ2v) is 4.63. The molecule has 6 nitrogen and oxygen atoms in total. The molecule has 0 radical (unpaired) electrons. The summed E-state index contributed by atoms with van der Waals surface area (Å²) >= 11 is 0. The number of nitrogen functional groups attached to an aromatic ring is 1. The minimum Gasteiger partial charge on any atom is -0.398 e. The number of rotatable bonds is 0. The third-order valence-corrected chi connectivity index (χ3v) is 3.47. The van der Waals surface area contributed by atoms with E-state index in [1.165, 1.54) is 0 Å². The molecule has 0 spiro atoms. The van der Waals surface area contributed by atoms with Crippen LogP contribution in [0.2, 0.25) is 0 Å². The molecular formula is C14H8N4O2. The number of anilines is 1. The summed E-state index contributed by atoms with van der Waals surface area (Å²) in [4.78, 5) is 31.3. The third-order valence-electron chi connectivity index (χ3n) is 3.47. The van der Waals surface area contributed by atoms with E-state index < -0.39 is 11.9 Å². The van der Waals surface area contributed by atoms with Crippen LogP contribution in [-0.4, -0.2) is 18.2 Å². The SMILES string of the molecule is Nc1cc2c(c3ccc4c(c13)=NC(=O)NC4=O)=CN=C2. The molecule has 0 aromatic heterocycles. The van der Waals surface area contributed by atoms with Crippen molar-refractivity contribution in [2.24, 2.45) is 9.98 Å². The first-order valence-electron chi connectivity index (χ1n) is 5.98. The maximum absolute atomic E-state index is 11.8. The number of carbonyl (C=O) groups is 2. The molecule has 6 heteroatoms. The van der Waals surface area contributed by atoms with Crippen LogP contribution in [0.3, 0.4) is 0 Å². The van der Waals surface area contributed by atoms with Gasteiger partial charge in [0.15, 0.2) is 0 Å². The number of hydrogen-bond acceptors (Lipinski definition) is 4. The minimum absolute atomic E-state index is 0.330. The van der Waals surface area contributed by atoms with Crippen LogP contribution in [0.25, 0.3) is 17.0 Å². The van der Waals surface area contributed by atoms with Crippen LogP contribution in [-0.2, 0) is 0 Å². The van der Waals surface area contributed by atoms with E-state index in [4.69, 9.17) is 5.73 Å². The highest BCUT2D eigenvalue weighted by Crippen LogP contribution is 2.19. The molecule has 0 fully saturated rings. The van der Waals surface area contributed by atoms with Gasteiger partial charge in [-0.15, -0.1) is 0 Å². The quantitative estimate of drug-likeness (QED) is 0.659. The normalized spacial score (nSPS) is 15.4. The first-order chi connectivity index (χ1) is 9.65. The van der Waals surface area contributed by atoms with Gasteiger partial charge in [0, 0.05) is 34.3 Å². The highest BCUT2D eigenvalue weighted by molar-refractivity contribution is 6.11. The first kappa shape index (κ1) is 10.9. The molecule has 2 aliphatic rings. The Hall–Kier alpha value is -3.02. The van der Waals surface area contributed by atoms with Gasteiger partial charge in [0.05, 0.1) is 10.9 Å². The maximum Gasteiger partial charge on any atom is 0.348 e. The number of hydrogen-bond donors (Lipinski definition) is 2. The fourth-order valence-electron chi connectivity index (χ4n) is 2.62. The Bertz CT molecular complexity index is 973. The van der Waals surface area contributed by atoms with Gasteiger partial charge in [-0.25, -0.2) is 4.79 Å². The molecule has 2 heterocycles. The van der Waals surface area contributed by atoms with Crippen LogP contribution < -0.4 is 21.6 Å². The van der Waals surface area contributed by atoms with Gasteiger partial charge in [-0.2, -0.15) is 4.99 Å². The van der Waals surface area contributed by atoms with Crippen molar-refractivity contribution in [1.29, 1.82) is 0 Å². The van der Waals surface area contributed by atoms with Crippen molar-refractivity contribution < 1.29 is 9.59 Å². The van der Waals surface area contributed by atoms with Gasteiger partial charge in [-0.1, -0.05) is 6.07 Å². The Morgan fingerprint density at radius 2 is 2.05 bits per heavy atom. The lowest BCUT2D eigenvalue weighted by Crippen LogP contribution is -2.38. The molecule has 0 saturated carbocycles. The predicted octanol–water partition coefficient (Wildman–Crippen LogP) is 0.0755. The first-order valence-corrected chi connectivity index (χ1v) is 5.98. The summed E-state index contributed by atoms with van der Waals surface area (Å²) in [6.07, 6.45) is 3.45. The average Bonchev–Trinajstić information content (AvgIpc) is 2.85. The highest BCUT2D eigenvalue weighted by atomic mass is 16.2. The average molecular weight is 264 g/mol. The Balaban J connectivity index is 2.29. The summed E-state index contributed by atoms with van der Waals surface area (Å²) < 4.78 is 0. The van der Waals surface area contributed by atoms with Crippen molar-refractivity contribution >= 4 is 40.8 Å². The van der Waals surface area contributed by atoms with E-state index >= 15 is 0 Å². The molecule has 0 unspecified atom stereocenters. The number of urea groups is 1. The summed E-state index contributed by atoms with van der Waals surface area (Å²) in [6, 6.07) is 4.56. The van der Waals surface area contributed by atoms with Crippen molar-refractivity contribution in [2.75, 3.05) is 5.73 Å². The molecule has 2 aromatic carbocycles. The monoisotopic (exact) mass is 264 g/mol. The Morgan fingerprint density at radius 3 is 2.90 bits per heavy atom. The second-order valence-electron chi connectivity index (χ2n) is 4.63. The van der Waals surface area contributed by atoms with E-state index in [1.807, 2.05) is 0 Å². The molecule has 2 aromatic rings. The number of imide groups is 1. The zero-order valence-electron chi connectivity index (χ0n) is 10.2. The summed E-state index contributed by atoms with van der Waals surface area (Å²) in [5.74, 6) is -0.456. The smallest absolute Gasteiger partial charge is 0.348 e. The predicted molar refractivity (Wildman–Crippen MR) is 74.1 cm³/mol. The number of fused-ring (bicyclic) bond motifs is 5. The third kappa shape index (κ3) is 1.27. The molecule has 0 aliphatic carbocycles. The molecule has 96 valence electrons. The number of amides is 3. The number of benzene rings is 2. The van der Waals surface area contributed by atoms with E-state index in [-0.39, 0.29) is 0 Å². The summed E-state index contributed by atoms with van der Waals surface area (Å²) in [6.45, 7) is 0. The molecule has 0 bridgehead atoms. The second kappa shape index (κ2) is 3.51. The Morgan fingerprint density at radius 1 is 1.20 bits per heavy atom. The summed E-state index contributed by atoms with van der Waals surface area (Å²) in [7, 11) is 0. The van der Waals surface area contributed by atoms with Gasteiger partial charge < -0.3 is 5.73 Å². The van der Waals surface area contributed by atoms with E-state index in [2.05, 4.69) is 15.3 Å². The van der Waals surface area contributed by atoms with Crippen molar-refractivity contribution in [3.63, 3.8) is 0 Å². The van der Waals surface area contributed by atoms with Gasteiger partial charge in [-0.3, -0.25) is 15.1 Å². The van der Waals surface area contributed by atoms with Gasteiger partial charge in [-0.05, 0) is 17.5 Å². The molecule has 3 N–H and O–H groups in total. The molecule has 3 amide bonds. The van der Waals surface area contributed by atoms with Gasteiger partial charge >= 0.3 is 6.03 Å². The number of nitrogens with zero attached hydrogens (tertiary/aromatic N) is 2. The van der Waals surface area contributed by atoms with Gasteiger partial charge in [0.2, 0.25) is 0 Å². The number of nitrogens with two attached hydrogens (primary N) is 1. The zero-order valence-corrected chi connectivity index (χ0v) is 10.2. The summed E-state index contributed by atoms with van der Waals surface area (Å²) in [5, 5.41) is 4.86. The van der Waals surface area contributed by atoms with Crippen LogP contribution in [0.5, 0.6) is 0 Å². The number of aliphatic imine (C=N–C) groups is 1. The standard InChI is InChI=1S/C14H8N4O2/c15-10-3-6-4-16-5-9(6)7-1-2-8-12(11(7)10)17-14(20)18-13(8)19/h1-5H,15H2,(H,18,19,20). The fourth-order valence-corrected chi connectivity index (χ4v) is 2.62. The van der Waals surface area contributed by atoms with E-state index in [0.717, 1.165) is 16.2 Å².